The van der Waals surface area contributed by atoms with Gasteiger partial charge in [-0.2, -0.15) is 0 Å². The zero-order valence-corrected chi connectivity index (χ0v) is 17.3. The molecule has 4 heterocycles. The second-order valence-corrected chi connectivity index (χ2v) is 7.85. The van der Waals surface area contributed by atoms with Crippen LogP contribution in [0.2, 0.25) is 0 Å². The third-order valence-corrected chi connectivity index (χ3v) is 5.74. The molecule has 1 atom stereocenters. The highest BCUT2D eigenvalue weighted by atomic mass is 16.5. The van der Waals surface area contributed by atoms with Crippen molar-refractivity contribution in [3.05, 3.63) is 53.6 Å². The van der Waals surface area contributed by atoms with E-state index < -0.39 is 0 Å². The highest BCUT2D eigenvalue weighted by molar-refractivity contribution is 6.09. The molecule has 1 saturated heterocycles. The highest BCUT2D eigenvalue weighted by Gasteiger charge is 2.41. The smallest absolute Gasteiger partial charge is 0.272 e. The first-order chi connectivity index (χ1) is 15.2. The van der Waals surface area contributed by atoms with E-state index in [1.807, 2.05) is 25.2 Å². The van der Waals surface area contributed by atoms with E-state index in [2.05, 4.69) is 25.4 Å². The molecule has 1 unspecified atom stereocenters. The lowest BCUT2D eigenvalue weighted by atomic mass is 10.1. The van der Waals surface area contributed by atoms with Crippen LogP contribution in [0.15, 0.2) is 47.2 Å². The number of carbonyl (C=O) groups excluding carboxylic acids is 1. The van der Waals surface area contributed by atoms with Gasteiger partial charge in [-0.25, -0.2) is 0 Å². The first kappa shape index (κ1) is 19.6. The average molecular weight is 420 g/mol. The van der Waals surface area contributed by atoms with Gasteiger partial charge in [0.05, 0.1) is 17.4 Å². The fourth-order valence-electron chi connectivity index (χ4n) is 3.82. The molecule has 0 bridgehead atoms. The van der Waals surface area contributed by atoms with Gasteiger partial charge in [-0.15, -0.1) is 10.2 Å². The largest absolute Gasteiger partial charge is 0.470 e. The number of aliphatic imine (C=N–C) groups is 1. The molecule has 31 heavy (non-hydrogen) atoms. The predicted molar refractivity (Wildman–Crippen MR) is 114 cm³/mol. The summed E-state index contributed by atoms with van der Waals surface area (Å²) >= 11 is 0. The molecule has 2 aromatic rings. The van der Waals surface area contributed by atoms with Crippen molar-refractivity contribution >= 4 is 17.3 Å². The van der Waals surface area contributed by atoms with E-state index in [4.69, 9.17) is 14.5 Å². The Bertz CT molecular complexity index is 1020. The van der Waals surface area contributed by atoms with Gasteiger partial charge in [-0.1, -0.05) is 6.07 Å². The molecule has 0 radical (unpaired) electrons. The van der Waals surface area contributed by atoms with Crippen molar-refractivity contribution in [3.8, 4) is 5.88 Å². The first-order valence-electron chi connectivity index (χ1n) is 10.5. The molecule has 3 aliphatic rings. The van der Waals surface area contributed by atoms with Crippen LogP contribution in [0.25, 0.3) is 5.70 Å². The lowest BCUT2D eigenvalue weighted by Crippen LogP contribution is -2.39. The van der Waals surface area contributed by atoms with Crippen LogP contribution in [0.1, 0.15) is 35.4 Å². The second kappa shape index (κ2) is 8.43. The monoisotopic (exact) mass is 420 g/mol. The Hall–Kier alpha value is -3.33. The lowest BCUT2D eigenvalue weighted by molar-refractivity contribution is 0.0693. The Morgan fingerprint density at radius 2 is 2.10 bits per heavy atom. The van der Waals surface area contributed by atoms with Crippen molar-refractivity contribution in [1.82, 2.24) is 25.4 Å². The number of nitrogens with zero attached hydrogens (tertiary/aromatic N) is 5. The third kappa shape index (κ3) is 4.27. The van der Waals surface area contributed by atoms with Crippen molar-refractivity contribution in [3.63, 3.8) is 0 Å². The topological polar surface area (TPSA) is 102 Å². The number of hydrogen-bond donors (Lipinski definition) is 1. The highest BCUT2D eigenvalue weighted by Crippen LogP contribution is 2.37. The van der Waals surface area contributed by atoms with Crippen LogP contribution in [0.4, 0.5) is 0 Å². The first-order valence-corrected chi connectivity index (χ1v) is 10.5. The van der Waals surface area contributed by atoms with Crippen LogP contribution in [-0.2, 0) is 4.74 Å². The number of nitrogens with one attached hydrogen (secondary N) is 1. The summed E-state index contributed by atoms with van der Waals surface area (Å²) in [6.07, 6.45) is 4.35. The molecule has 1 N–H and O–H groups in total. The van der Waals surface area contributed by atoms with E-state index in [1.54, 1.807) is 18.3 Å². The number of ether oxygens (including phenoxy) is 2. The number of pyridine rings is 1. The molecule has 1 aliphatic carbocycles. The van der Waals surface area contributed by atoms with Crippen molar-refractivity contribution in [2.45, 2.75) is 31.3 Å². The maximum absolute atomic E-state index is 12.4. The van der Waals surface area contributed by atoms with Gasteiger partial charge >= 0.3 is 0 Å². The van der Waals surface area contributed by atoms with Crippen molar-refractivity contribution in [2.24, 2.45) is 4.99 Å². The van der Waals surface area contributed by atoms with E-state index >= 15 is 0 Å². The quantitative estimate of drug-likeness (QED) is 0.759. The van der Waals surface area contributed by atoms with Gasteiger partial charge in [-0.05, 0) is 31.0 Å². The summed E-state index contributed by atoms with van der Waals surface area (Å²) in [7, 11) is 2.05. The van der Waals surface area contributed by atoms with Crippen LogP contribution < -0.4 is 10.1 Å². The number of likely N-dealkylation sites (N-methyl/N-ethyl adjacent to an activating group) is 1. The molecule has 0 spiro atoms. The second-order valence-electron chi connectivity index (χ2n) is 7.85. The fraction of sp³-hybridized carbons (Fsp3) is 0.409. The number of carbonyl (C=O) groups is 1. The van der Waals surface area contributed by atoms with Gasteiger partial charge in [0.2, 0.25) is 5.88 Å². The standard InChI is InChI=1S/C22H24N6O3/c1-28-18-12-17(18)25-21(15-4-2-3-9-23-15)19(28)13-31-20-6-5-16(26-27-20)22(29)24-14-7-10-30-11-8-14/h2-6,9,14,18H,7-8,10-13H2,1H3,(H,24,29). The molecule has 2 fully saturated rings. The van der Waals surface area contributed by atoms with Crippen LogP contribution in [-0.4, -0.2) is 70.7 Å². The van der Waals surface area contributed by atoms with E-state index in [1.165, 1.54) is 5.71 Å². The Morgan fingerprint density at radius 1 is 1.23 bits per heavy atom. The van der Waals surface area contributed by atoms with Crippen LogP contribution in [0.5, 0.6) is 5.88 Å². The van der Waals surface area contributed by atoms with E-state index in [-0.39, 0.29) is 24.2 Å². The summed E-state index contributed by atoms with van der Waals surface area (Å²) in [5.74, 6) is 0.128. The minimum absolute atomic E-state index is 0.116. The summed E-state index contributed by atoms with van der Waals surface area (Å²) in [4.78, 5) is 23.8. The molecule has 9 nitrogen and oxygen atoms in total. The maximum Gasteiger partial charge on any atom is 0.272 e. The van der Waals surface area contributed by atoms with Gasteiger partial charge in [0.25, 0.3) is 5.91 Å². The number of hydrogen-bond acceptors (Lipinski definition) is 8. The zero-order chi connectivity index (χ0) is 21.2. The average Bonchev–Trinajstić information content (AvgIpc) is 3.60. The van der Waals surface area contributed by atoms with Gasteiger partial charge in [-0.3, -0.25) is 14.8 Å². The molecule has 0 aromatic carbocycles. The molecular formula is C22H24N6O3. The normalized spacial score (nSPS) is 20.7. The van der Waals surface area contributed by atoms with Crippen LogP contribution in [0.3, 0.4) is 0 Å². The van der Waals surface area contributed by atoms with E-state index in [0.29, 0.717) is 25.1 Å². The SMILES string of the molecule is CN1C(COc2ccc(C(=O)NC3CCOCC3)nn2)=C(c2ccccn2)N=C2CC21. The lowest BCUT2D eigenvalue weighted by Gasteiger charge is -2.26. The Kier molecular flexibility index (Phi) is 5.33. The molecule has 5 rings (SSSR count). The summed E-state index contributed by atoms with van der Waals surface area (Å²) in [6, 6.07) is 9.53. The maximum atomic E-state index is 12.4. The Labute approximate surface area is 180 Å². The number of fused-ring (bicyclic) bond motifs is 1. The number of aromatic nitrogens is 3. The molecule has 1 amide bonds. The predicted octanol–water partition coefficient (Wildman–Crippen LogP) is 1.69. The minimum atomic E-state index is -0.228. The Balaban J connectivity index is 1.26. The molecule has 2 aromatic heterocycles. The third-order valence-electron chi connectivity index (χ3n) is 5.74. The summed E-state index contributed by atoms with van der Waals surface area (Å²) in [5, 5.41) is 11.1. The zero-order valence-electron chi connectivity index (χ0n) is 17.3. The summed E-state index contributed by atoms with van der Waals surface area (Å²) in [6.45, 7) is 1.62. The summed E-state index contributed by atoms with van der Waals surface area (Å²) in [5.41, 5.74) is 4.04. The minimum Gasteiger partial charge on any atom is -0.470 e. The number of rotatable bonds is 6. The van der Waals surface area contributed by atoms with Gasteiger partial charge in [0.1, 0.15) is 12.3 Å². The fourth-order valence-corrected chi connectivity index (χ4v) is 3.82. The van der Waals surface area contributed by atoms with Crippen molar-refractivity contribution in [2.75, 3.05) is 26.9 Å². The molecule has 1 saturated carbocycles. The van der Waals surface area contributed by atoms with Gasteiger partial charge in [0.15, 0.2) is 5.69 Å². The molecule has 160 valence electrons. The van der Waals surface area contributed by atoms with Gasteiger partial charge < -0.3 is 19.7 Å². The van der Waals surface area contributed by atoms with Crippen LogP contribution >= 0.6 is 0 Å². The molecule has 2 aliphatic heterocycles. The summed E-state index contributed by atoms with van der Waals surface area (Å²) < 4.78 is 11.2. The van der Waals surface area contributed by atoms with E-state index in [0.717, 1.165) is 36.4 Å². The van der Waals surface area contributed by atoms with Crippen molar-refractivity contribution in [1.29, 1.82) is 0 Å². The molecule has 9 heteroatoms. The molecular weight excluding hydrogens is 396 g/mol. The van der Waals surface area contributed by atoms with E-state index in [9.17, 15) is 4.79 Å². The Morgan fingerprint density at radius 3 is 2.84 bits per heavy atom. The van der Waals surface area contributed by atoms with Crippen molar-refractivity contribution < 1.29 is 14.3 Å². The number of amides is 1. The van der Waals surface area contributed by atoms with Gasteiger partial charge in [0, 0.05) is 50.7 Å². The van der Waals surface area contributed by atoms with Crippen LogP contribution in [0, 0.1) is 0 Å².